The largest absolute Gasteiger partial charge is 0.492 e. The molecule has 0 radical (unpaired) electrons. The van der Waals surface area contributed by atoms with Crippen LogP contribution in [0.4, 0.5) is 5.69 Å². The van der Waals surface area contributed by atoms with Gasteiger partial charge in [-0.1, -0.05) is 35.9 Å². The number of carbonyl (C=O) groups excluding carboxylic acids is 2. The highest BCUT2D eigenvalue weighted by Gasteiger charge is 2.39. The Morgan fingerprint density at radius 2 is 1.72 bits per heavy atom. The van der Waals surface area contributed by atoms with E-state index in [2.05, 4.69) is 10.2 Å². The van der Waals surface area contributed by atoms with Crippen molar-refractivity contribution in [3.05, 3.63) is 64.8 Å². The number of hydrogen-bond acceptors (Lipinski definition) is 6. The van der Waals surface area contributed by atoms with Crippen LogP contribution in [0, 0.1) is 0 Å². The van der Waals surface area contributed by atoms with E-state index in [1.54, 1.807) is 24.3 Å². The van der Waals surface area contributed by atoms with E-state index < -0.39 is 0 Å². The molecule has 2 aliphatic rings. The fraction of sp³-hybridized carbons (Fsp3) is 0.333. The molecule has 7 nitrogen and oxygen atoms in total. The van der Waals surface area contributed by atoms with Crippen LogP contribution in [0.25, 0.3) is 5.57 Å². The molecule has 1 fully saturated rings. The Balaban J connectivity index is 1.64. The van der Waals surface area contributed by atoms with E-state index in [9.17, 15) is 9.59 Å². The van der Waals surface area contributed by atoms with Crippen LogP contribution in [-0.4, -0.2) is 67.6 Å². The second-order valence-corrected chi connectivity index (χ2v) is 7.96. The number of amides is 2. The van der Waals surface area contributed by atoms with E-state index in [0.717, 1.165) is 13.1 Å². The molecule has 1 saturated heterocycles. The number of morpholine rings is 1. The van der Waals surface area contributed by atoms with Crippen molar-refractivity contribution in [1.82, 2.24) is 9.80 Å². The van der Waals surface area contributed by atoms with Crippen molar-refractivity contribution < 1.29 is 19.1 Å². The number of nitrogens with zero attached hydrogens (tertiary/aromatic N) is 2. The summed E-state index contributed by atoms with van der Waals surface area (Å²) in [5.74, 6) is -0.0496. The number of carbonyl (C=O) groups is 2. The van der Waals surface area contributed by atoms with E-state index in [-0.39, 0.29) is 17.5 Å². The van der Waals surface area contributed by atoms with Gasteiger partial charge in [0.25, 0.3) is 11.8 Å². The first-order valence-corrected chi connectivity index (χ1v) is 11.1. The Kier molecular flexibility index (Phi) is 7.09. The molecule has 0 atom stereocenters. The van der Waals surface area contributed by atoms with Gasteiger partial charge in [-0.05, 0) is 36.8 Å². The fourth-order valence-corrected chi connectivity index (χ4v) is 3.96. The highest BCUT2D eigenvalue weighted by Crippen LogP contribution is 2.33. The number of imide groups is 1. The Bertz CT molecular complexity index is 1020. The van der Waals surface area contributed by atoms with Gasteiger partial charge in [-0.25, -0.2) is 0 Å². The molecule has 2 aliphatic heterocycles. The van der Waals surface area contributed by atoms with Crippen molar-refractivity contribution in [1.29, 1.82) is 0 Å². The minimum atomic E-state index is -0.348. The lowest BCUT2D eigenvalue weighted by atomic mass is 10.0. The maximum absolute atomic E-state index is 13.4. The van der Waals surface area contributed by atoms with Crippen LogP contribution >= 0.6 is 11.6 Å². The Hall–Kier alpha value is -2.87. The molecule has 1 N–H and O–H groups in total. The summed E-state index contributed by atoms with van der Waals surface area (Å²) >= 11 is 6.04. The van der Waals surface area contributed by atoms with Gasteiger partial charge < -0.3 is 14.8 Å². The lowest BCUT2D eigenvalue weighted by Gasteiger charge is -2.28. The lowest BCUT2D eigenvalue weighted by molar-refractivity contribution is -0.137. The molecule has 2 aromatic rings. The third-order valence-electron chi connectivity index (χ3n) is 5.49. The first-order valence-electron chi connectivity index (χ1n) is 10.7. The zero-order valence-electron chi connectivity index (χ0n) is 18.0. The van der Waals surface area contributed by atoms with Crippen LogP contribution < -0.4 is 10.1 Å². The highest BCUT2D eigenvalue weighted by molar-refractivity contribution is 6.37. The maximum Gasteiger partial charge on any atom is 0.278 e. The molecule has 2 aromatic carbocycles. The highest BCUT2D eigenvalue weighted by atomic mass is 35.5. The van der Waals surface area contributed by atoms with Crippen LogP contribution in [0.5, 0.6) is 5.75 Å². The Morgan fingerprint density at radius 1 is 1.00 bits per heavy atom. The van der Waals surface area contributed by atoms with Gasteiger partial charge in [-0.2, -0.15) is 0 Å². The fourth-order valence-electron chi connectivity index (χ4n) is 3.83. The minimum Gasteiger partial charge on any atom is -0.492 e. The standard InChI is InChI=1S/C24H26ClN3O4/c1-2-32-20-6-4-3-5-19(20)26-22-21(17-7-9-18(25)10-8-17)23(29)28(24(22)30)12-11-27-13-15-31-16-14-27/h3-10,26H,2,11-16H2,1H3. The van der Waals surface area contributed by atoms with Crippen molar-refractivity contribution in [2.45, 2.75) is 6.92 Å². The molecule has 2 heterocycles. The van der Waals surface area contributed by atoms with Crippen molar-refractivity contribution in [3.8, 4) is 5.75 Å². The third kappa shape index (κ3) is 4.80. The van der Waals surface area contributed by atoms with Gasteiger partial charge in [0.1, 0.15) is 11.4 Å². The Morgan fingerprint density at radius 3 is 2.44 bits per heavy atom. The van der Waals surface area contributed by atoms with Crippen molar-refractivity contribution >= 4 is 34.7 Å². The minimum absolute atomic E-state index is 0.242. The Labute approximate surface area is 192 Å². The van der Waals surface area contributed by atoms with Crippen LogP contribution in [0.1, 0.15) is 12.5 Å². The first-order chi connectivity index (χ1) is 15.6. The predicted molar refractivity (Wildman–Crippen MR) is 124 cm³/mol. The third-order valence-corrected chi connectivity index (χ3v) is 5.74. The molecule has 0 aromatic heterocycles. The molecule has 168 valence electrons. The molecule has 0 spiro atoms. The van der Waals surface area contributed by atoms with E-state index >= 15 is 0 Å². The van der Waals surface area contributed by atoms with Gasteiger partial charge in [0, 0.05) is 31.2 Å². The number of hydrogen-bond donors (Lipinski definition) is 1. The molecular formula is C24H26ClN3O4. The number of para-hydroxylation sites is 2. The van der Waals surface area contributed by atoms with Crippen LogP contribution in [-0.2, 0) is 14.3 Å². The van der Waals surface area contributed by atoms with Gasteiger partial charge in [0.2, 0.25) is 0 Å². The van der Waals surface area contributed by atoms with Crippen molar-refractivity contribution in [3.63, 3.8) is 0 Å². The lowest BCUT2D eigenvalue weighted by Crippen LogP contribution is -2.43. The molecule has 8 heteroatoms. The summed E-state index contributed by atoms with van der Waals surface area (Å²) in [6.07, 6.45) is 0. The van der Waals surface area contributed by atoms with E-state index in [4.69, 9.17) is 21.1 Å². The molecular weight excluding hydrogens is 430 g/mol. The number of anilines is 1. The summed E-state index contributed by atoms with van der Waals surface area (Å²) in [6.45, 7) is 6.22. The number of rotatable bonds is 8. The molecule has 0 bridgehead atoms. The van der Waals surface area contributed by atoms with Gasteiger partial charge in [0.15, 0.2) is 0 Å². The predicted octanol–water partition coefficient (Wildman–Crippen LogP) is 3.26. The topological polar surface area (TPSA) is 71.1 Å². The smallest absolute Gasteiger partial charge is 0.278 e. The maximum atomic E-state index is 13.4. The van der Waals surface area contributed by atoms with Gasteiger partial charge >= 0.3 is 0 Å². The zero-order valence-corrected chi connectivity index (χ0v) is 18.7. The van der Waals surface area contributed by atoms with E-state index in [1.807, 2.05) is 31.2 Å². The zero-order chi connectivity index (χ0) is 22.5. The van der Waals surface area contributed by atoms with Crippen molar-refractivity contribution in [2.24, 2.45) is 0 Å². The van der Waals surface area contributed by atoms with Crippen LogP contribution in [0.3, 0.4) is 0 Å². The monoisotopic (exact) mass is 455 g/mol. The average Bonchev–Trinajstić information content (AvgIpc) is 3.04. The summed E-state index contributed by atoms with van der Waals surface area (Å²) in [6, 6.07) is 14.3. The van der Waals surface area contributed by atoms with Gasteiger partial charge in [-0.3, -0.25) is 19.4 Å². The van der Waals surface area contributed by atoms with Gasteiger partial charge in [-0.15, -0.1) is 0 Å². The molecule has 2 amide bonds. The second-order valence-electron chi connectivity index (χ2n) is 7.53. The first kappa shape index (κ1) is 22.3. The number of nitrogens with one attached hydrogen (secondary N) is 1. The normalized spacial score (nSPS) is 17.2. The van der Waals surface area contributed by atoms with Crippen molar-refractivity contribution in [2.75, 3.05) is 51.3 Å². The quantitative estimate of drug-likeness (QED) is 0.616. The SMILES string of the molecule is CCOc1ccccc1NC1=C(c2ccc(Cl)cc2)C(=O)N(CCN2CCOCC2)C1=O. The molecule has 0 unspecified atom stereocenters. The summed E-state index contributed by atoms with van der Waals surface area (Å²) in [7, 11) is 0. The number of halogens is 1. The summed E-state index contributed by atoms with van der Waals surface area (Å²) in [4.78, 5) is 30.3. The summed E-state index contributed by atoms with van der Waals surface area (Å²) < 4.78 is 11.1. The number of benzene rings is 2. The van der Waals surface area contributed by atoms with Gasteiger partial charge in [0.05, 0.1) is 31.1 Å². The second kappa shape index (κ2) is 10.2. The summed E-state index contributed by atoms with van der Waals surface area (Å²) in [5.41, 5.74) is 1.84. The number of ether oxygens (including phenoxy) is 2. The van der Waals surface area contributed by atoms with E-state index in [1.165, 1.54) is 4.90 Å². The molecule has 0 saturated carbocycles. The summed E-state index contributed by atoms with van der Waals surface area (Å²) in [5, 5.41) is 3.74. The van der Waals surface area contributed by atoms with Crippen LogP contribution in [0.15, 0.2) is 54.2 Å². The molecule has 0 aliphatic carbocycles. The molecule has 4 rings (SSSR count). The van der Waals surface area contributed by atoms with Crippen LogP contribution in [0.2, 0.25) is 5.02 Å². The average molecular weight is 456 g/mol. The molecule has 32 heavy (non-hydrogen) atoms. The van der Waals surface area contributed by atoms with E-state index in [0.29, 0.717) is 60.5 Å².